The van der Waals surface area contributed by atoms with E-state index in [1.807, 2.05) is 36.1 Å². The Labute approximate surface area is 155 Å². The topological polar surface area (TPSA) is 79.6 Å². The highest BCUT2D eigenvalue weighted by molar-refractivity contribution is 14.1. The van der Waals surface area contributed by atoms with Crippen LogP contribution in [0.4, 0.5) is 5.69 Å². The summed E-state index contributed by atoms with van der Waals surface area (Å²) >= 11 is 2.22. The van der Waals surface area contributed by atoms with Gasteiger partial charge in [-0.25, -0.2) is 0 Å². The van der Waals surface area contributed by atoms with Crippen LogP contribution < -0.4 is 5.32 Å². The fourth-order valence-electron chi connectivity index (χ4n) is 2.54. The Kier molecular flexibility index (Phi) is 7.02. The molecule has 1 amide bonds. The van der Waals surface area contributed by atoms with Crippen LogP contribution in [0.1, 0.15) is 5.56 Å². The van der Waals surface area contributed by atoms with Gasteiger partial charge in [0.15, 0.2) is 0 Å². The molecule has 2 N–H and O–H groups in total. The van der Waals surface area contributed by atoms with Gasteiger partial charge in [-0.15, -0.1) is 0 Å². The number of hydrogen-bond donors (Lipinski definition) is 2. The zero-order valence-corrected chi connectivity index (χ0v) is 15.8. The molecule has 1 saturated heterocycles. The maximum absolute atomic E-state index is 12.3. The highest BCUT2D eigenvalue weighted by Gasteiger charge is 2.17. The van der Waals surface area contributed by atoms with E-state index < -0.39 is 0 Å². The molecule has 2 rings (SSSR count). The van der Waals surface area contributed by atoms with Crippen LogP contribution in [0.2, 0.25) is 0 Å². The van der Waals surface area contributed by atoms with Crippen molar-refractivity contribution < 1.29 is 9.90 Å². The average molecular weight is 440 g/mol. The van der Waals surface area contributed by atoms with E-state index in [0.717, 1.165) is 35.3 Å². The standard InChI is InChI=1S/C17H21IN4O2/c1-13-10-15(18)2-3-16(13)20-17(24)14(11-19)12-22-6-4-21(5-7-22)8-9-23/h2-3,10,12,23H,4-9H2,1H3,(H,20,24)/b14-12-. The molecule has 0 saturated carbocycles. The lowest BCUT2D eigenvalue weighted by Gasteiger charge is -2.33. The number of benzene rings is 1. The minimum Gasteiger partial charge on any atom is -0.395 e. The fraction of sp³-hybridized carbons (Fsp3) is 0.412. The molecule has 0 spiro atoms. The summed E-state index contributed by atoms with van der Waals surface area (Å²) in [6, 6.07) is 7.73. The van der Waals surface area contributed by atoms with E-state index in [-0.39, 0.29) is 18.1 Å². The molecule has 1 aliphatic rings. The van der Waals surface area contributed by atoms with Crippen molar-refractivity contribution in [3.05, 3.63) is 39.1 Å². The number of hydrogen-bond acceptors (Lipinski definition) is 5. The van der Waals surface area contributed by atoms with Crippen LogP contribution in [0.5, 0.6) is 0 Å². The van der Waals surface area contributed by atoms with E-state index in [2.05, 4.69) is 32.8 Å². The first-order valence-electron chi connectivity index (χ1n) is 7.80. The van der Waals surface area contributed by atoms with Gasteiger partial charge in [0, 0.05) is 48.2 Å². The van der Waals surface area contributed by atoms with Gasteiger partial charge in [-0.2, -0.15) is 5.26 Å². The van der Waals surface area contributed by atoms with E-state index in [1.54, 1.807) is 6.20 Å². The number of nitrogens with one attached hydrogen (secondary N) is 1. The number of rotatable bonds is 5. The summed E-state index contributed by atoms with van der Waals surface area (Å²) in [6.07, 6.45) is 1.63. The molecular weight excluding hydrogens is 419 g/mol. The van der Waals surface area contributed by atoms with Crippen LogP contribution in [-0.2, 0) is 4.79 Å². The van der Waals surface area contributed by atoms with Gasteiger partial charge < -0.3 is 15.3 Å². The molecule has 1 aromatic rings. The summed E-state index contributed by atoms with van der Waals surface area (Å²) in [5, 5.41) is 21.1. The smallest absolute Gasteiger partial charge is 0.267 e. The Hall–Kier alpha value is -1.63. The van der Waals surface area contributed by atoms with Gasteiger partial charge in [-0.3, -0.25) is 9.69 Å². The van der Waals surface area contributed by atoms with Crippen LogP contribution in [0, 0.1) is 21.8 Å². The number of β-amino-alcohol motifs (C(OH)–C–C–N with tert-alkyl or cyclic N) is 1. The minimum atomic E-state index is -0.389. The molecule has 0 unspecified atom stereocenters. The van der Waals surface area contributed by atoms with Crippen molar-refractivity contribution in [2.45, 2.75) is 6.92 Å². The third kappa shape index (κ3) is 5.19. The number of piperazine rings is 1. The largest absolute Gasteiger partial charge is 0.395 e. The normalized spacial score (nSPS) is 15.9. The van der Waals surface area contributed by atoms with Crippen molar-refractivity contribution in [3.63, 3.8) is 0 Å². The second-order valence-corrected chi connectivity index (χ2v) is 6.91. The molecule has 0 aliphatic carbocycles. The van der Waals surface area contributed by atoms with Crippen LogP contribution in [0.25, 0.3) is 0 Å². The Morgan fingerprint density at radius 2 is 2.12 bits per heavy atom. The molecule has 128 valence electrons. The summed E-state index contributed by atoms with van der Waals surface area (Å²) in [6.45, 7) is 5.84. The zero-order chi connectivity index (χ0) is 17.5. The zero-order valence-electron chi connectivity index (χ0n) is 13.6. The summed E-state index contributed by atoms with van der Waals surface area (Å²) in [7, 11) is 0. The van der Waals surface area contributed by atoms with Gasteiger partial charge in [-0.1, -0.05) is 0 Å². The van der Waals surface area contributed by atoms with E-state index in [0.29, 0.717) is 12.2 Å². The van der Waals surface area contributed by atoms with Crippen molar-refractivity contribution in [2.24, 2.45) is 0 Å². The van der Waals surface area contributed by atoms with Crippen molar-refractivity contribution in [1.29, 1.82) is 5.26 Å². The highest BCUT2D eigenvalue weighted by atomic mass is 127. The molecule has 1 heterocycles. The monoisotopic (exact) mass is 440 g/mol. The lowest BCUT2D eigenvalue weighted by molar-refractivity contribution is -0.112. The number of carbonyl (C=O) groups is 1. The van der Waals surface area contributed by atoms with E-state index in [1.165, 1.54) is 0 Å². The first-order valence-corrected chi connectivity index (χ1v) is 8.88. The molecular formula is C17H21IN4O2. The van der Waals surface area contributed by atoms with E-state index in [4.69, 9.17) is 5.11 Å². The molecule has 0 atom stereocenters. The Morgan fingerprint density at radius 1 is 1.42 bits per heavy atom. The summed E-state index contributed by atoms with van der Waals surface area (Å²) in [5.74, 6) is -0.389. The van der Waals surface area contributed by atoms with Crippen LogP contribution in [0.3, 0.4) is 0 Å². The van der Waals surface area contributed by atoms with Crippen LogP contribution >= 0.6 is 22.6 Å². The molecule has 7 heteroatoms. The number of aliphatic hydroxyl groups is 1. The number of aryl methyl sites for hydroxylation is 1. The first-order chi connectivity index (χ1) is 11.5. The SMILES string of the molecule is Cc1cc(I)ccc1NC(=O)/C(C#N)=C\N1CCN(CCO)CC1. The number of amides is 1. The van der Waals surface area contributed by atoms with Crippen molar-refractivity contribution in [3.8, 4) is 6.07 Å². The second-order valence-electron chi connectivity index (χ2n) is 5.67. The van der Waals surface area contributed by atoms with Crippen LogP contribution in [-0.4, -0.2) is 60.1 Å². The molecule has 0 aromatic heterocycles. The van der Waals surface area contributed by atoms with Gasteiger partial charge in [0.25, 0.3) is 5.91 Å². The molecule has 6 nitrogen and oxygen atoms in total. The molecule has 1 aliphatic heterocycles. The van der Waals surface area contributed by atoms with Gasteiger partial charge in [0.2, 0.25) is 0 Å². The lowest BCUT2D eigenvalue weighted by atomic mass is 10.2. The second kappa shape index (κ2) is 9.01. The van der Waals surface area contributed by atoms with Gasteiger partial charge >= 0.3 is 0 Å². The van der Waals surface area contributed by atoms with Crippen molar-refractivity contribution in [1.82, 2.24) is 9.80 Å². The number of halogens is 1. The number of carbonyl (C=O) groups excluding carboxylic acids is 1. The summed E-state index contributed by atoms with van der Waals surface area (Å²) in [5.41, 5.74) is 1.78. The first kappa shape index (κ1) is 18.7. The molecule has 0 radical (unpaired) electrons. The predicted octanol–water partition coefficient (Wildman–Crippen LogP) is 1.56. The van der Waals surface area contributed by atoms with Crippen molar-refractivity contribution >= 4 is 34.2 Å². The summed E-state index contributed by atoms with van der Waals surface area (Å²) < 4.78 is 1.10. The predicted molar refractivity (Wildman–Crippen MR) is 101 cm³/mol. The maximum atomic E-state index is 12.3. The number of anilines is 1. The van der Waals surface area contributed by atoms with E-state index in [9.17, 15) is 10.1 Å². The molecule has 1 aromatic carbocycles. The molecule has 24 heavy (non-hydrogen) atoms. The molecule has 0 bridgehead atoms. The quantitative estimate of drug-likeness (QED) is 0.413. The third-order valence-corrected chi connectivity index (χ3v) is 4.61. The van der Waals surface area contributed by atoms with Gasteiger partial charge in [0.1, 0.15) is 11.6 Å². The Balaban J connectivity index is 2.00. The fourth-order valence-corrected chi connectivity index (χ4v) is 3.18. The number of aliphatic hydroxyl groups excluding tert-OH is 1. The maximum Gasteiger partial charge on any atom is 0.267 e. The third-order valence-electron chi connectivity index (χ3n) is 3.94. The van der Waals surface area contributed by atoms with Gasteiger partial charge in [-0.05, 0) is 53.3 Å². The summed E-state index contributed by atoms with van der Waals surface area (Å²) in [4.78, 5) is 16.5. The van der Waals surface area contributed by atoms with E-state index >= 15 is 0 Å². The Bertz CT molecular complexity index is 661. The minimum absolute atomic E-state index is 0.101. The highest BCUT2D eigenvalue weighted by Crippen LogP contribution is 2.18. The number of nitriles is 1. The van der Waals surface area contributed by atoms with Crippen LogP contribution in [0.15, 0.2) is 30.0 Å². The Morgan fingerprint density at radius 3 is 2.71 bits per heavy atom. The van der Waals surface area contributed by atoms with Crippen molar-refractivity contribution in [2.75, 3.05) is 44.6 Å². The van der Waals surface area contributed by atoms with Gasteiger partial charge in [0.05, 0.1) is 6.61 Å². The number of nitrogens with zero attached hydrogens (tertiary/aromatic N) is 3. The average Bonchev–Trinajstić information content (AvgIpc) is 2.57. The molecule has 1 fully saturated rings. The lowest BCUT2D eigenvalue weighted by Crippen LogP contribution is -2.45.